The van der Waals surface area contributed by atoms with Crippen molar-refractivity contribution in [1.82, 2.24) is 4.90 Å². The van der Waals surface area contributed by atoms with E-state index < -0.39 is 5.97 Å². The predicted octanol–water partition coefficient (Wildman–Crippen LogP) is 1.11. The molecule has 0 unspecified atom stereocenters. The minimum atomic E-state index is -0.843. The number of carboxylic acid groups (broad SMARTS) is 1. The van der Waals surface area contributed by atoms with Crippen LogP contribution in [0.5, 0.6) is 0 Å². The molecule has 0 bridgehead atoms. The van der Waals surface area contributed by atoms with E-state index in [1.54, 1.807) is 4.90 Å². The lowest BCUT2D eigenvalue weighted by Gasteiger charge is -2.30. The Balaban J connectivity index is 2.35. The highest BCUT2D eigenvalue weighted by Gasteiger charge is 2.28. The molecule has 14 heavy (non-hydrogen) atoms. The number of aliphatic carboxylic acids is 1. The Hall–Kier alpha value is -1.06. The lowest BCUT2D eigenvalue weighted by atomic mass is 9.84. The van der Waals surface area contributed by atoms with Crippen molar-refractivity contribution in [2.24, 2.45) is 5.92 Å². The monoisotopic (exact) mass is 199 g/mol. The van der Waals surface area contributed by atoms with Crippen molar-refractivity contribution in [3.8, 4) is 0 Å². The van der Waals surface area contributed by atoms with Gasteiger partial charge in [-0.05, 0) is 19.8 Å². The molecule has 0 aromatic carbocycles. The summed E-state index contributed by atoms with van der Waals surface area (Å²) in [5.41, 5.74) is 0. The molecule has 0 atom stereocenters. The molecule has 1 amide bonds. The molecule has 0 saturated heterocycles. The fourth-order valence-corrected chi connectivity index (χ4v) is 1.57. The first-order valence-electron chi connectivity index (χ1n) is 5.15. The first-order chi connectivity index (χ1) is 6.65. The van der Waals surface area contributed by atoms with Gasteiger partial charge in [0.05, 0.1) is 6.42 Å². The summed E-state index contributed by atoms with van der Waals surface area (Å²) in [6.07, 6.45) is 3.13. The van der Waals surface area contributed by atoms with Crippen LogP contribution in [-0.2, 0) is 9.59 Å². The van der Waals surface area contributed by atoms with Crippen LogP contribution in [0.2, 0.25) is 0 Å². The highest BCUT2D eigenvalue weighted by atomic mass is 16.4. The zero-order chi connectivity index (χ0) is 10.6. The lowest BCUT2D eigenvalue weighted by Crippen LogP contribution is -2.39. The van der Waals surface area contributed by atoms with Crippen LogP contribution < -0.4 is 0 Å². The molecule has 0 heterocycles. The quantitative estimate of drug-likeness (QED) is 0.721. The molecule has 4 nitrogen and oxygen atoms in total. The van der Waals surface area contributed by atoms with Crippen LogP contribution in [0.3, 0.4) is 0 Å². The molecule has 0 spiro atoms. The Morgan fingerprint density at radius 2 is 2.07 bits per heavy atom. The summed E-state index contributed by atoms with van der Waals surface area (Å²) in [6, 6.07) is 0. The summed E-state index contributed by atoms with van der Waals surface area (Å²) < 4.78 is 0. The SMILES string of the molecule is CCN(CCC(=O)O)C(=O)C1CCC1. The van der Waals surface area contributed by atoms with Gasteiger partial charge in [0, 0.05) is 19.0 Å². The van der Waals surface area contributed by atoms with Crippen LogP contribution in [0.15, 0.2) is 0 Å². The van der Waals surface area contributed by atoms with E-state index in [-0.39, 0.29) is 18.2 Å². The fourth-order valence-electron chi connectivity index (χ4n) is 1.57. The first kappa shape index (κ1) is 11.0. The summed E-state index contributed by atoms with van der Waals surface area (Å²) in [5.74, 6) is -0.534. The number of carboxylic acids is 1. The minimum Gasteiger partial charge on any atom is -0.481 e. The Kier molecular flexibility index (Phi) is 3.92. The lowest BCUT2D eigenvalue weighted by molar-refractivity contribution is -0.140. The van der Waals surface area contributed by atoms with Gasteiger partial charge in [0.25, 0.3) is 0 Å². The Morgan fingerprint density at radius 1 is 1.43 bits per heavy atom. The third-order valence-electron chi connectivity index (χ3n) is 2.74. The van der Waals surface area contributed by atoms with E-state index in [1.807, 2.05) is 6.92 Å². The topological polar surface area (TPSA) is 57.6 Å². The summed E-state index contributed by atoms with van der Waals surface area (Å²) in [6.45, 7) is 2.85. The highest BCUT2D eigenvalue weighted by Crippen LogP contribution is 2.28. The van der Waals surface area contributed by atoms with Crippen LogP contribution in [0.25, 0.3) is 0 Å². The summed E-state index contributed by atoms with van der Waals surface area (Å²) >= 11 is 0. The highest BCUT2D eigenvalue weighted by molar-refractivity contribution is 5.80. The second-order valence-electron chi connectivity index (χ2n) is 3.69. The smallest absolute Gasteiger partial charge is 0.305 e. The molecule has 0 aliphatic heterocycles. The van der Waals surface area contributed by atoms with Gasteiger partial charge in [-0.3, -0.25) is 9.59 Å². The van der Waals surface area contributed by atoms with Gasteiger partial charge in [-0.25, -0.2) is 0 Å². The van der Waals surface area contributed by atoms with E-state index >= 15 is 0 Å². The fraction of sp³-hybridized carbons (Fsp3) is 0.800. The van der Waals surface area contributed by atoms with E-state index in [9.17, 15) is 9.59 Å². The number of nitrogens with zero attached hydrogens (tertiary/aromatic N) is 1. The van der Waals surface area contributed by atoms with Crippen molar-refractivity contribution < 1.29 is 14.7 Å². The molecule has 1 N–H and O–H groups in total. The average molecular weight is 199 g/mol. The van der Waals surface area contributed by atoms with E-state index in [2.05, 4.69) is 0 Å². The number of rotatable bonds is 5. The standard InChI is InChI=1S/C10H17NO3/c1-2-11(7-6-9(12)13)10(14)8-4-3-5-8/h8H,2-7H2,1H3,(H,12,13). The van der Waals surface area contributed by atoms with Crippen molar-refractivity contribution in [3.05, 3.63) is 0 Å². The predicted molar refractivity (Wildman–Crippen MR) is 51.8 cm³/mol. The Labute approximate surface area is 83.9 Å². The molecule has 1 saturated carbocycles. The number of hydrogen-bond donors (Lipinski definition) is 1. The normalized spacial score (nSPS) is 16.1. The molecule has 4 heteroatoms. The molecule has 0 aromatic rings. The number of amides is 1. The molecule has 1 rings (SSSR count). The van der Waals surface area contributed by atoms with Crippen molar-refractivity contribution in [3.63, 3.8) is 0 Å². The van der Waals surface area contributed by atoms with Gasteiger partial charge in [0.1, 0.15) is 0 Å². The van der Waals surface area contributed by atoms with Crippen LogP contribution in [-0.4, -0.2) is 35.0 Å². The molecule has 1 aliphatic carbocycles. The largest absolute Gasteiger partial charge is 0.481 e. The number of carbonyl (C=O) groups is 2. The van der Waals surface area contributed by atoms with Gasteiger partial charge in [-0.2, -0.15) is 0 Å². The number of carbonyl (C=O) groups excluding carboxylic acids is 1. The van der Waals surface area contributed by atoms with Crippen LogP contribution in [0.4, 0.5) is 0 Å². The Morgan fingerprint density at radius 3 is 2.43 bits per heavy atom. The van der Waals surface area contributed by atoms with Crippen molar-refractivity contribution in [2.75, 3.05) is 13.1 Å². The van der Waals surface area contributed by atoms with Gasteiger partial charge >= 0.3 is 5.97 Å². The third kappa shape index (κ3) is 2.72. The molecular weight excluding hydrogens is 182 g/mol. The van der Waals surface area contributed by atoms with Crippen molar-refractivity contribution in [1.29, 1.82) is 0 Å². The van der Waals surface area contributed by atoms with Crippen LogP contribution in [0, 0.1) is 5.92 Å². The van der Waals surface area contributed by atoms with Crippen molar-refractivity contribution >= 4 is 11.9 Å². The zero-order valence-electron chi connectivity index (χ0n) is 8.53. The maximum Gasteiger partial charge on any atom is 0.305 e. The van der Waals surface area contributed by atoms with Crippen LogP contribution in [0.1, 0.15) is 32.6 Å². The summed E-state index contributed by atoms with van der Waals surface area (Å²) in [4.78, 5) is 23.7. The van der Waals surface area contributed by atoms with Gasteiger partial charge < -0.3 is 10.0 Å². The van der Waals surface area contributed by atoms with Gasteiger partial charge in [0.2, 0.25) is 5.91 Å². The van der Waals surface area contributed by atoms with Gasteiger partial charge in [-0.15, -0.1) is 0 Å². The molecule has 1 aliphatic rings. The maximum absolute atomic E-state index is 11.7. The van der Waals surface area contributed by atoms with E-state index in [0.717, 1.165) is 19.3 Å². The van der Waals surface area contributed by atoms with Crippen molar-refractivity contribution in [2.45, 2.75) is 32.6 Å². The summed E-state index contributed by atoms with van der Waals surface area (Å²) in [5, 5.41) is 8.51. The molecule has 0 radical (unpaired) electrons. The average Bonchev–Trinajstić information content (AvgIpc) is 2.01. The van der Waals surface area contributed by atoms with Crippen LogP contribution >= 0.6 is 0 Å². The zero-order valence-corrected chi connectivity index (χ0v) is 8.53. The third-order valence-corrected chi connectivity index (χ3v) is 2.74. The van der Waals surface area contributed by atoms with Gasteiger partial charge in [-0.1, -0.05) is 6.42 Å². The second kappa shape index (κ2) is 4.98. The maximum atomic E-state index is 11.7. The van der Waals surface area contributed by atoms with E-state index in [1.165, 1.54) is 0 Å². The summed E-state index contributed by atoms with van der Waals surface area (Å²) in [7, 11) is 0. The number of hydrogen-bond acceptors (Lipinski definition) is 2. The molecule has 1 fully saturated rings. The van der Waals surface area contributed by atoms with E-state index in [4.69, 9.17) is 5.11 Å². The van der Waals surface area contributed by atoms with E-state index in [0.29, 0.717) is 13.1 Å². The molecular formula is C10H17NO3. The van der Waals surface area contributed by atoms with Gasteiger partial charge in [0.15, 0.2) is 0 Å². The molecule has 0 aromatic heterocycles. The first-order valence-corrected chi connectivity index (χ1v) is 5.15. The second-order valence-corrected chi connectivity index (χ2v) is 3.69. The Bertz CT molecular complexity index is 223. The minimum absolute atomic E-state index is 0.0479. The molecule has 80 valence electrons.